The summed E-state index contributed by atoms with van der Waals surface area (Å²) in [6, 6.07) is 3.81. The highest BCUT2D eigenvalue weighted by atomic mass is 79.9. The monoisotopic (exact) mass is 382 g/mol. The second kappa shape index (κ2) is 6.49. The fourth-order valence-electron chi connectivity index (χ4n) is 3.44. The molecule has 2 aliphatic rings. The molecular formula is C16H19BrN2O4. The number of ether oxygens (including phenoxy) is 1. The van der Waals surface area contributed by atoms with Crippen LogP contribution in [-0.4, -0.2) is 59.6 Å². The first-order valence-corrected chi connectivity index (χ1v) is 8.39. The molecule has 0 radical (unpaired) electrons. The van der Waals surface area contributed by atoms with E-state index in [0.29, 0.717) is 19.5 Å². The predicted octanol–water partition coefficient (Wildman–Crippen LogP) is 1.50. The number of aliphatic carboxylic acids is 1. The average molecular weight is 383 g/mol. The van der Waals surface area contributed by atoms with Crippen molar-refractivity contribution >= 4 is 27.8 Å². The van der Waals surface area contributed by atoms with Gasteiger partial charge in [-0.05, 0) is 30.5 Å². The molecule has 7 heteroatoms. The molecule has 2 aliphatic heterocycles. The van der Waals surface area contributed by atoms with E-state index in [0.717, 1.165) is 28.8 Å². The van der Waals surface area contributed by atoms with Crippen LogP contribution in [0.4, 0.5) is 0 Å². The number of methoxy groups -OCH3 is 1. The quantitative estimate of drug-likeness (QED) is 0.854. The fourth-order valence-corrected chi connectivity index (χ4v) is 3.93. The molecule has 1 unspecified atom stereocenters. The molecule has 1 aromatic carbocycles. The van der Waals surface area contributed by atoms with Crippen molar-refractivity contribution in [2.45, 2.75) is 25.4 Å². The van der Waals surface area contributed by atoms with Crippen molar-refractivity contribution in [2.75, 3.05) is 26.7 Å². The van der Waals surface area contributed by atoms with Gasteiger partial charge in [-0.3, -0.25) is 14.5 Å². The minimum Gasteiger partial charge on any atom is -0.496 e. The molecule has 1 aromatic rings. The number of hydrogen-bond donors (Lipinski definition) is 1. The van der Waals surface area contributed by atoms with E-state index in [4.69, 9.17) is 9.84 Å². The number of fused-ring (bicyclic) bond motifs is 1. The van der Waals surface area contributed by atoms with Crippen LogP contribution < -0.4 is 4.74 Å². The number of carbonyl (C=O) groups excluding carboxylic acids is 1. The Morgan fingerprint density at radius 2 is 2.22 bits per heavy atom. The lowest BCUT2D eigenvalue weighted by atomic mass is 9.97. The molecule has 1 atom stereocenters. The number of carbonyl (C=O) groups is 2. The number of carboxylic acid groups (broad SMARTS) is 1. The van der Waals surface area contributed by atoms with E-state index in [1.54, 1.807) is 7.11 Å². The Morgan fingerprint density at radius 3 is 2.91 bits per heavy atom. The molecule has 2 heterocycles. The van der Waals surface area contributed by atoms with Gasteiger partial charge >= 0.3 is 5.97 Å². The Bertz CT molecular complexity index is 632. The lowest BCUT2D eigenvalue weighted by Gasteiger charge is -2.33. The highest BCUT2D eigenvalue weighted by Gasteiger charge is 2.38. The van der Waals surface area contributed by atoms with E-state index in [1.807, 2.05) is 6.07 Å². The summed E-state index contributed by atoms with van der Waals surface area (Å²) in [6.07, 6.45) is 1.54. The van der Waals surface area contributed by atoms with Crippen molar-refractivity contribution in [1.82, 2.24) is 9.80 Å². The summed E-state index contributed by atoms with van der Waals surface area (Å²) < 4.78 is 6.47. The van der Waals surface area contributed by atoms with E-state index < -0.39 is 5.97 Å². The highest BCUT2D eigenvalue weighted by Crippen LogP contribution is 2.33. The van der Waals surface area contributed by atoms with Crippen molar-refractivity contribution in [3.63, 3.8) is 0 Å². The summed E-state index contributed by atoms with van der Waals surface area (Å²) in [4.78, 5) is 26.9. The molecule has 0 saturated carbocycles. The predicted molar refractivity (Wildman–Crippen MR) is 87.4 cm³/mol. The summed E-state index contributed by atoms with van der Waals surface area (Å²) in [5, 5.41) is 8.88. The van der Waals surface area contributed by atoms with Gasteiger partial charge in [0.05, 0.1) is 13.2 Å². The Kier molecular flexibility index (Phi) is 4.59. The first-order valence-electron chi connectivity index (χ1n) is 7.59. The Balaban J connectivity index is 1.77. The van der Waals surface area contributed by atoms with Gasteiger partial charge in [-0.1, -0.05) is 15.9 Å². The minimum absolute atomic E-state index is 0.0769. The molecule has 1 N–H and O–H groups in total. The maximum absolute atomic E-state index is 12.4. The topological polar surface area (TPSA) is 70.1 Å². The molecule has 0 bridgehead atoms. The van der Waals surface area contributed by atoms with Crippen molar-refractivity contribution in [1.29, 1.82) is 0 Å². The Hall–Kier alpha value is -1.60. The zero-order valence-electron chi connectivity index (χ0n) is 12.9. The van der Waals surface area contributed by atoms with Crippen molar-refractivity contribution < 1.29 is 19.4 Å². The van der Waals surface area contributed by atoms with Gasteiger partial charge in [-0.15, -0.1) is 0 Å². The second-order valence-corrected chi connectivity index (χ2v) is 6.84. The number of hydrogen-bond acceptors (Lipinski definition) is 4. The van der Waals surface area contributed by atoms with Crippen LogP contribution in [0, 0.1) is 0 Å². The molecule has 124 valence electrons. The Morgan fingerprint density at radius 1 is 1.43 bits per heavy atom. The number of carboxylic acids is 1. The van der Waals surface area contributed by atoms with Crippen LogP contribution in [0.2, 0.25) is 0 Å². The van der Waals surface area contributed by atoms with Crippen LogP contribution in [0.1, 0.15) is 17.5 Å². The second-order valence-electron chi connectivity index (χ2n) is 5.92. The number of rotatable bonds is 4. The molecule has 3 rings (SSSR count). The van der Waals surface area contributed by atoms with Crippen LogP contribution in [0.15, 0.2) is 16.6 Å². The minimum atomic E-state index is -0.963. The maximum Gasteiger partial charge on any atom is 0.323 e. The summed E-state index contributed by atoms with van der Waals surface area (Å²) >= 11 is 3.49. The third kappa shape index (κ3) is 3.21. The normalized spacial score (nSPS) is 21.4. The summed E-state index contributed by atoms with van der Waals surface area (Å²) in [5.41, 5.74) is 2.35. The largest absolute Gasteiger partial charge is 0.496 e. The molecule has 0 aliphatic carbocycles. The molecule has 1 fully saturated rings. The summed E-state index contributed by atoms with van der Waals surface area (Å²) in [7, 11) is 1.65. The van der Waals surface area contributed by atoms with Gasteiger partial charge in [0.2, 0.25) is 5.91 Å². The van der Waals surface area contributed by atoms with Gasteiger partial charge in [0.25, 0.3) is 0 Å². The van der Waals surface area contributed by atoms with Gasteiger partial charge in [0.15, 0.2) is 0 Å². The van der Waals surface area contributed by atoms with Gasteiger partial charge in [-0.25, -0.2) is 0 Å². The lowest BCUT2D eigenvalue weighted by Crippen LogP contribution is -2.45. The first-order chi connectivity index (χ1) is 11.0. The Labute approximate surface area is 143 Å². The zero-order valence-corrected chi connectivity index (χ0v) is 14.5. The number of likely N-dealkylation sites (tertiary alicyclic amines) is 1. The van der Waals surface area contributed by atoms with Crippen LogP contribution in [0.3, 0.4) is 0 Å². The maximum atomic E-state index is 12.4. The number of amides is 1. The molecule has 6 nitrogen and oxygen atoms in total. The summed E-state index contributed by atoms with van der Waals surface area (Å²) in [5.74, 6) is -0.214. The number of halogens is 1. The highest BCUT2D eigenvalue weighted by molar-refractivity contribution is 9.10. The molecule has 1 amide bonds. The van der Waals surface area contributed by atoms with Crippen LogP contribution >= 0.6 is 15.9 Å². The van der Waals surface area contributed by atoms with Crippen LogP contribution in [0.25, 0.3) is 0 Å². The molecule has 0 spiro atoms. The van der Waals surface area contributed by atoms with Gasteiger partial charge in [0.1, 0.15) is 12.3 Å². The van der Waals surface area contributed by atoms with Crippen molar-refractivity contribution in [3.05, 3.63) is 27.7 Å². The van der Waals surface area contributed by atoms with Crippen LogP contribution in [-0.2, 0) is 22.6 Å². The van der Waals surface area contributed by atoms with Crippen molar-refractivity contribution in [2.24, 2.45) is 0 Å². The SMILES string of the molecule is COc1cc(Br)cc2c1CN(C1CCN(CC(=O)O)C1=O)CC2. The average Bonchev–Trinajstić information content (AvgIpc) is 2.86. The van der Waals surface area contributed by atoms with E-state index in [2.05, 4.69) is 26.9 Å². The molecule has 1 saturated heterocycles. The summed E-state index contributed by atoms with van der Waals surface area (Å²) in [6.45, 7) is 1.75. The van der Waals surface area contributed by atoms with Gasteiger partial charge < -0.3 is 14.7 Å². The van der Waals surface area contributed by atoms with Gasteiger partial charge in [-0.2, -0.15) is 0 Å². The van der Waals surface area contributed by atoms with E-state index in [-0.39, 0.29) is 18.5 Å². The first kappa shape index (κ1) is 16.3. The third-order valence-electron chi connectivity index (χ3n) is 4.55. The van der Waals surface area contributed by atoms with E-state index in [1.165, 1.54) is 10.5 Å². The van der Waals surface area contributed by atoms with Crippen LogP contribution in [0.5, 0.6) is 5.75 Å². The molecular weight excluding hydrogens is 364 g/mol. The van der Waals surface area contributed by atoms with E-state index >= 15 is 0 Å². The molecule has 0 aromatic heterocycles. The van der Waals surface area contributed by atoms with E-state index in [9.17, 15) is 9.59 Å². The zero-order chi connectivity index (χ0) is 16.6. The number of benzene rings is 1. The number of nitrogens with zero attached hydrogens (tertiary/aromatic N) is 2. The smallest absolute Gasteiger partial charge is 0.323 e. The standard InChI is InChI=1S/C16H19BrN2O4/c1-23-14-7-11(17)6-10-2-4-18(8-12(10)14)13-3-5-19(16(13)22)9-15(20)21/h6-7,13H,2-5,8-9H2,1H3,(H,20,21). The molecule has 23 heavy (non-hydrogen) atoms. The van der Waals surface area contributed by atoms with Gasteiger partial charge in [0, 0.05) is 29.7 Å². The van der Waals surface area contributed by atoms with Crippen molar-refractivity contribution in [3.8, 4) is 5.75 Å². The third-order valence-corrected chi connectivity index (χ3v) is 5.01. The lowest BCUT2D eigenvalue weighted by molar-refractivity contribution is -0.144. The fraction of sp³-hybridized carbons (Fsp3) is 0.500.